The van der Waals surface area contributed by atoms with E-state index in [1.165, 1.54) is 10.4 Å². The molecule has 0 spiro atoms. The molecule has 0 nitrogen and oxygen atoms in total. The first-order valence-electron chi connectivity index (χ1n) is 2.48. The Kier molecular flexibility index (Phi) is 1.97. The van der Waals surface area contributed by atoms with Gasteiger partial charge in [-0.2, -0.15) is 12.6 Å². The summed E-state index contributed by atoms with van der Waals surface area (Å²) in [5.74, 6) is 0.870. The van der Waals surface area contributed by atoms with Crippen molar-refractivity contribution in [3.63, 3.8) is 0 Å². The number of hydrogen-bond donors (Lipinski definition) is 1. The van der Waals surface area contributed by atoms with Crippen LogP contribution in [0, 0.1) is 6.92 Å². The van der Waals surface area contributed by atoms with Crippen molar-refractivity contribution in [3.8, 4) is 0 Å². The summed E-state index contributed by atoms with van der Waals surface area (Å²) < 4.78 is 0. The van der Waals surface area contributed by atoms with Crippen molar-refractivity contribution in [2.75, 3.05) is 0 Å². The molecule has 0 fully saturated rings. The lowest BCUT2D eigenvalue weighted by Gasteiger charge is -1.87. The summed E-state index contributed by atoms with van der Waals surface area (Å²) in [6, 6.07) is 2.12. The summed E-state index contributed by atoms with van der Waals surface area (Å²) >= 11 is 5.93. The van der Waals surface area contributed by atoms with E-state index in [0.717, 1.165) is 5.75 Å². The lowest BCUT2D eigenvalue weighted by molar-refractivity contribution is 1.40. The SMILES string of the molecule is Cc1sccc1CS. The van der Waals surface area contributed by atoms with Crippen molar-refractivity contribution in [1.82, 2.24) is 0 Å². The molecule has 0 atom stereocenters. The highest BCUT2D eigenvalue weighted by Gasteiger charge is 1.92. The van der Waals surface area contributed by atoms with Crippen LogP contribution in [0.4, 0.5) is 0 Å². The maximum atomic E-state index is 4.15. The molecule has 1 aromatic rings. The Morgan fingerprint density at radius 2 is 2.50 bits per heavy atom. The fourth-order valence-corrected chi connectivity index (χ4v) is 1.75. The van der Waals surface area contributed by atoms with Crippen LogP contribution in [0.15, 0.2) is 11.4 Å². The van der Waals surface area contributed by atoms with Gasteiger partial charge in [-0.3, -0.25) is 0 Å². The molecule has 1 heterocycles. The van der Waals surface area contributed by atoms with Crippen LogP contribution in [0.1, 0.15) is 10.4 Å². The first-order valence-corrected chi connectivity index (χ1v) is 3.99. The van der Waals surface area contributed by atoms with Crippen LogP contribution in [-0.4, -0.2) is 0 Å². The highest BCUT2D eigenvalue weighted by atomic mass is 32.1. The van der Waals surface area contributed by atoms with Crippen molar-refractivity contribution in [1.29, 1.82) is 0 Å². The maximum absolute atomic E-state index is 4.15. The number of thiol groups is 1. The van der Waals surface area contributed by atoms with Crippen LogP contribution < -0.4 is 0 Å². The third kappa shape index (κ3) is 1.06. The predicted molar refractivity (Wildman–Crippen MR) is 41.7 cm³/mol. The van der Waals surface area contributed by atoms with Gasteiger partial charge in [0.1, 0.15) is 0 Å². The van der Waals surface area contributed by atoms with Gasteiger partial charge in [0, 0.05) is 10.6 Å². The van der Waals surface area contributed by atoms with Crippen LogP contribution in [0.25, 0.3) is 0 Å². The molecule has 0 saturated carbocycles. The zero-order valence-corrected chi connectivity index (χ0v) is 6.43. The van der Waals surface area contributed by atoms with Crippen LogP contribution in [0.3, 0.4) is 0 Å². The van der Waals surface area contributed by atoms with Crippen LogP contribution in [-0.2, 0) is 5.75 Å². The van der Waals surface area contributed by atoms with Gasteiger partial charge < -0.3 is 0 Å². The Morgan fingerprint density at radius 1 is 1.75 bits per heavy atom. The molecule has 8 heavy (non-hydrogen) atoms. The second-order valence-corrected chi connectivity index (χ2v) is 3.10. The van der Waals surface area contributed by atoms with Gasteiger partial charge in [0.05, 0.1) is 0 Å². The van der Waals surface area contributed by atoms with E-state index in [9.17, 15) is 0 Å². The predicted octanol–water partition coefficient (Wildman–Crippen LogP) is 2.49. The third-order valence-corrected chi connectivity index (χ3v) is 2.37. The minimum atomic E-state index is 0.870. The second-order valence-electron chi connectivity index (χ2n) is 1.66. The summed E-state index contributed by atoms with van der Waals surface area (Å²) in [7, 11) is 0. The van der Waals surface area contributed by atoms with Crippen molar-refractivity contribution >= 4 is 24.0 Å². The normalized spacial score (nSPS) is 9.75. The molecule has 0 amide bonds. The van der Waals surface area contributed by atoms with E-state index in [4.69, 9.17) is 0 Å². The minimum Gasteiger partial charge on any atom is -0.175 e. The summed E-state index contributed by atoms with van der Waals surface area (Å²) in [4.78, 5) is 1.39. The number of hydrogen-bond acceptors (Lipinski definition) is 2. The van der Waals surface area contributed by atoms with E-state index < -0.39 is 0 Å². The Hall–Kier alpha value is 0.0500. The molecule has 1 aromatic heterocycles. The molecule has 0 N–H and O–H groups in total. The number of aryl methyl sites for hydroxylation is 1. The van der Waals surface area contributed by atoms with E-state index >= 15 is 0 Å². The number of rotatable bonds is 1. The van der Waals surface area contributed by atoms with Crippen molar-refractivity contribution < 1.29 is 0 Å². The van der Waals surface area contributed by atoms with Crippen molar-refractivity contribution in [3.05, 3.63) is 21.9 Å². The van der Waals surface area contributed by atoms with Gasteiger partial charge in [-0.05, 0) is 23.9 Å². The third-order valence-electron chi connectivity index (χ3n) is 1.14. The molecule has 44 valence electrons. The van der Waals surface area contributed by atoms with Gasteiger partial charge in [-0.15, -0.1) is 11.3 Å². The summed E-state index contributed by atoms with van der Waals surface area (Å²) in [5, 5.41) is 2.10. The highest BCUT2D eigenvalue weighted by molar-refractivity contribution is 7.79. The van der Waals surface area contributed by atoms with Crippen LogP contribution in [0.2, 0.25) is 0 Å². The van der Waals surface area contributed by atoms with E-state index in [-0.39, 0.29) is 0 Å². The van der Waals surface area contributed by atoms with E-state index in [2.05, 4.69) is 31.0 Å². The molecule has 0 aliphatic rings. The van der Waals surface area contributed by atoms with Crippen LogP contribution in [0.5, 0.6) is 0 Å². The van der Waals surface area contributed by atoms with E-state index in [1.54, 1.807) is 11.3 Å². The summed E-state index contributed by atoms with van der Waals surface area (Å²) in [5.41, 5.74) is 1.36. The second kappa shape index (κ2) is 2.55. The average Bonchev–Trinajstić information content (AvgIpc) is 2.14. The standard InChI is InChI=1S/C6H8S2/c1-5-6(4-7)2-3-8-5/h2-3,7H,4H2,1H3. The average molecular weight is 144 g/mol. The van der Waals surface area contributed by atoms with Gasteiger partial charge in [0.15, 0.2) is 0 Å². The van der Waals surface area contributed by atoms with Gasteiger partial charge in [-0.1, -0.05) is 0 Å². The fraction of sp³-hybridized carbons (Fsp3) is 0.333. The molecule has 2 heteroatoms. The largest absolute Gasteiger partial charge is 0.175 e. The molecule has 0 bridgehead atoms. The lowest BCUT2D eigenvalue weighted by atomic mass is 10.3. The zero-order valence-electron chi connectivity index (χ0n) is 4.72. The minimum absolute atomic E-state index is 0.870. The first-order chi connectivity index (χ1) is 3.84. The molecule has 0 aliphatic heterocycles. The molecule has 0 aliphatic carbocycles. The van der Waals surface area contributed by atoms with Gasteiger partial charge in [-0.25, -0.2) is 0 Å². The van der Waals surface area contributed by atoms with Gasteiger partial charge >= 0.3 is 0 Å². The molecule has 0 saturated heterocycles. The van der Waals surface area contributed by atoms with E-state index in [0.29, 0.717) is 0 Å². The molecule has 1 rings (SSSR count). The molecule has 0 aromatic carbocycles. The van der Waals surface area contributed by atoms with E-state index in [1.807, 2.05) is 0 Å². The smallest absolute Gasteiger partial charge is 0.0165 e. The molecular formula is C6H8S2. The Bertz CT molecular complexity index is 167. The van der Waals surface area contributed by atoms with Crippen molar-refractivity contribution in [2.24, 2.45) is 0 Å². The molecule has 0 radical (unpaired) electrons. The maximum Gasteiger partial charge on any atom is 0.0165 e. The fourth-order valence-electron chi connectivity index (χ4n) is 0.575. The monoisotopic (exact) mass is 144 g/mol. The Morgan fingerprint density at radius 3 is 2.75 bits per heavy atom. The highest BCUT2D eigenvalue weighted by Crippen LogP contribution is 2.15. The Balaban J connectivity index is 2.92. The van der Waals surface area contributed by atoms with Gasteiger partial charge in [0.2, 0.25) is 0 Å². The Labute approximate surface area is 59.0 Å². The number of thiophene rings is 1. The van der Waals surface area contributed by atoms with Crippen molar-refractivity contribution in [2.45, 2.75) is 12.7 Å². The summed E-state index contributed by atoms with van der Waals surface area (Å²) in [6.07, 6.45) is 0. The topological polar surface area (TPSA) is 0 Å². The quantitative estimate of drug-likeness (QED) is 0.575. The lowest BCUT2D eigenvalue weighted by Crippen LogP contribution is -1.71. The molecule has 0 unspecified atom stereocenters. The van der Waals surface area contributed by atoms with Gasteiger partial charge in [0.25, 0.3) is 0 Å². The van der Waals surface area contributed by atoms with Crippen LogP contribution >= 0.6 is 24.0 Å². The molecular weight excluding hydrogens is 136 g/mol. The first kappa shape index (κ1) is 6.17. The zero-order chi connectivity index (χ0) is 5.98. The summed E-state index contributed by atoms with van der Waals surface area (Å²) in [6.45, 7) is 2.12.